The number of nitrogens with one attached hydrogen (secondary N) is 1. The fraction of sp³-hybridized carbons (Fsp3) is 0.182. The molecular weight excluding hydrogens is 357 g/mol. The lowest BCUT2D eigenvalue weighted by molar-refractivity contribution is -0.611. The number of benzene rings is 2. The molecule has 0 aliphatic rings. The van der Waals surface area contributed by atoms with Crippen molar-refractivity contribution < 1.29 is 13.9 Å². The van der Waals surface area contributed by atoms with Gasteiger partial charge < -0.3 is 16.3 Å². The molecule has 1 heterocycles. The number of nitrogens with two attached hydrogens (primary N) is 1. The first-order valence-corrected chi connectivity index (χ1v) is 8.96. The molecule has 1 amide bonds. The Morgan fingerprint density at radius 1 is 1.14 bits per heavy atom. The number of aryl methyl sites for hydroxylation is 1. The van der Waals surface area contributed by atoms with E-state index in [1.165, 1.54) is 12.3 Å². The van der Waals surface area contributed by atoms with Gasteiger partial charge in [0.2, 0.25) is 5.91 Å². The van der Waals surface area contributed by atoms with Gasteiger partial charge in [-0.15, -0.1) is 0 Å². The lowest BCUT2D eigenvalue weighted by atomic mass is 9.99. The predicted molar refractivity (Wildman–Crippen MR) is 107 cm³/mol. The van der Waals surface area contributed by atoms with E-state index in [1.807, 2.05) is 19.1 Å². The summed E-state index contributed by atoms with van der Waals surface area (Å²) in [5, 5.41) is 14.6. The first-order valence-electron chi connectivity index (χ1n) is 8.96. The van der Waals surface area contributed by atoms with Gasteiger partial charge in [-0.3, -0.25) is 4.79 Å². The third-order valence-corrected chi connectivity index (χ3v) is 4.72. The van der Waals surface area contributed by atoms with Crippen molar-refractivity contribution in [3.8, 4) is 11.1 Å². The Morgan fingerprint density at radius 2 is 1.82 bits per heavy atom. The van der Waals surface area contributed by atoms with Crippen LogP contribution >= 0.6 is 0 Å². The maximum Gasteiger partial charge on any atom is 0.241 e. The number of hydrogen-bond donors (Lipinski definition) is 2. The number of amides is 1. The van der Waals surface area contributed by atoms with Crippen LogP contribution in [0.25, 0.3) is 11.1 Å². The van der Waals surface area contributed by atoms with Gasteiger partial charge in [-0.05, 0) is 48.2 Å². The van der Waals surface area contributed by atoms with E-state index in [1.54, 1.807) is 43.3 Å². The van der Waals surface area contributed by atoms with E-state index in [0.29, 0.717) is 16.9 Å². The van der Waals surface area contributed by atoms with E-state index in [9.17, 15) is 14.4 Å². The Labute approximate surface area is 163 Å². The first-order chi connectivity index (χ1) is 13.4. The second-order valence-electron chi connectivity index (χ2n) is 6.75. The number of halogens is 1. The number of hydrogen-bond acceptors (Lipinski definition) is 3. The van der Waals surface area contributed by atoms with E-state index in [4.69, 9.17) is 5.73 Å². The van der Waals surface area contributed by atoms with Crippen LogP contribution in [0.1, 0.15) is 16.8 Å². The summed E-state index contributed by atoms with van der Waals surface area (Å²) in [6.07, 6.45) is 1.60. The SMILES string of the molecule is Cc1cc[n+]([O-])c(C)c1-c1ccc(NC(=O)[C@@H](N)Cc2ccccc2F)cc1. The van der Waals surface area contributed by atoms with Crippen molar-refractivity contribution in [1.29, 1.82) is 0 Å². The van der Waals surface area contributed by atoms with Crippen molar-refractivity contribution in [2.45, 2.75) is 26.3 Å². The van der Waals surface area contributed by atoms with Crippen LogP contribution in [0.5, 0.6) is 0 Å². The zero-order valence-corrected chi connectivity index (χ0v) is 15.8. The highest BCUT2D eigenvalue weighted by Crippen LogP contribution is 2.26. The molecule has 0 unspecified atom stereocenters. The summed E-state index contributed by atoms with van der Waals surface area (Å²) in [4.78, 5) is 12.3. The number of anilines is 1. The largest absolute Gasteiger partial charge is 0.618 e. The minimum absolute atomic E-state index is 0.114. The topological polar surface area (TPSA) is 82.1 Å². The molecule has 0 radical (unpaired) electrons. The monoisotopic (exact) mass is 379 g/mol. The quantitative estimate of drug-likeness (QED) is 0.527. The number of pyridine rings is 1. The lowest BCUT2D eigenvalue weighted by Crippen LogP contribution is -2.37. The maximum atomic E-state index is 13.7. The van der Waals surface area contributed by atoms with Crippen molar-refractivity contribution >= 4 is 11.6 Å². The molecule has 3 aromatic rings. The summed E-state index contributed by atoms with van der Waals surface area (Å²) in [6.45, 7) is 3.71. The van der Waals surface area contributed by atoms with Gasteiger partial charge in [0, 0.05) is 18.7 Å². The van der Waals surface area contributed by atoms with E-state index >= 15 is 0 Å². The van der Waals surface area contributed by atoms with Crippen LogP contribution in [0.2, 0.25) is 0 Å². The third-order valence-electron chi connectivity index (χ3n) is 4.72. The zero-order chi connectivity index (χ0) is 20.3. The number of aromatic nitrogens is 1. The molecular formula is C22H22FN3O2. The summed E-state index contributed by atoms with van der Waals surface area (Å²) in [5.74, 6) is -0.764. The smallest absolute Gasteiger partial charge is 0.241 e. The van der Waals surface area contributed by atoms with Gasteiger partial charge in [0.25, 0.3) is 0 Å². The molecule has 0 aliphatic carbocycles. The Hall–Kier alpha value is -3.25. The van der Waals surface area contributed by atoms with Gasteiger partial charge in [0.15, 0.2) is 11.9 Å². The highest BCUT2D eigenvalue weighted by Gasteiger charge is 2.17. The number of rotatable bonds is 5. The molecule has 0 bridgehead atoms. The average molecular weight is 379 g/mol. The third kappa shape index (κ3) is 4.18. The summed E-state index contributed by atoms with van der Waals surface area (Å²) < 4.78 is 14.6. The summed E-state index contributed by atoms with van der Waals surface area (Å²) in [5.41, 5.74) is 10.3. The molecule has 5 nitrogen and oxygen atoms in total. The van der Waals surface area contributed by atoms with Crippen LogP contribution in [0.4, 0.5) is 10.1 Å². The summed E-state index contributed by atoms with van der Waals surface area (Å²) in [6, 6.07) is 14.4. The molecule has 3 N–H and O–H groups in total. The molecule has 6 heteroatoms. The molecule has 0 spiro atoms. The van der Waals surface area contributed by atoms with Crippen LogP contribution in [-0.4, -0.2) is 11.9 Å². The molecule has 28 heavy (non-hydrogen) atoms. The van der Waals surface area contributed by atoms with Gasteiger partial charge in [0.05, 0.1) is 11.6 Å². The van der Waals surface area contributed by atoms with E-state index in [0.717, 1.165) is 21.4 Å². The summed E-state index contributed by atoms with van der Waals surface area (Å²) in [7, 11) is 0. The Kier molecular flexibility index (Phi) is 5.70. The molecule has 144 valence electrons. The fourth-order valence-electron chi connectivity index (χ4n) is 3.16. The predicted octanol–water partition coefficient (Wildman–Crippen LogP) is 3.25. The van der Waals surface area contributed by atoms with Crippen LogP contribution in [0.3, 0.4) is 0 Å². The minimum atomic E-state index is -0.866. The van der Waals surface area contributed by atoms with Crippen LogP contribution in [0, 0.1) is 24.9 Å². The van der Waals surface area contributed by atoms with Crippen LogP contribution < -0.4 is 15.8 Å². The van der Waals surface area contributed by atoms with Gasteiger partial charge in [0.1, 0.15) is 5.82 Å². The van der Waals surface area contributed by atoms with Gasteiger partial charge in [-0.25, -0.2) is 4.39 Å². The zero-order valence-electron chi connectivity index (χ0n) is 15.8. The Balaban J connectivity index is 1.71. The average Bonchev–Trinajstić information content (AvgIpc) is 2.68. The normalized spacial score (nSPS) is 11.9. The van der Waals surface area contributed by atoms with Crippen LogP contribution in [-0.2, 0) is 11.2 Å². The second kappa shape index (κ2) is 8.19. The van der Waals surface area contributed by atoms with Crippen molar-refractivity contribution in [2.75, 3.05) is 5.32 Å². The molecule has 0 aliphatic heterocycles. The molecule has 1 aromatic heterocycles. The van der Waals surface area contributed by atoms with E-state index in [-0.39, 0.29) is 18.1 Å². The lowest BCUT2D eigenvalue weighted by Gasteiger charge is -2.14. The van der Waals surface area contributed by atoms with E-state index in [2.05, 4.69) is 5.32 Å². The molecule has 0 saturated carbocycles. The highest BCUT2D eigenvalue weighted by atomic mass is 19.1. The maximum absolute atomic E-state index is 13.7. The second-order valence-corrected chi connectivity index (χ2v) is 6.75. The minimum Gasteiger partial charge on any atom is -0.618 e. The standard InChI is InChI=1S/C22H22FN3O2/c1-14-11-12-26(28)15(2)21(14)16-7-9-18(10-8-16)25-22(27)20(24)13-17-5-3-4-6-19(17)23/h3-12,20H,13,24H2,1-2H3,(H,25,27)/t20-/m0/s1. The summed E-state index contributed by atoms with van der Waals surface area (Å²) >= 11 is 0. The molecule has 2 aromatic carbocycles. The highest BCUT2D eigenvalue weighted by molar-refractivity contribution is 5.95. The van der Waals surface area contributed by atoms with Crippen molar-refractivity contribution in [3.63, 3.8) is 0 Å². The number of carbonyl (C=O) groups excluding carboxylic acids is 1. The van der Waals surface area contributed by atoms with Crippen molar-refractivity contribution in [2.24, 2.45) is 5.73 Å². The van der Waals surface area contributed by atoms with Gasteiger partial charge in [-0.2, -0.15) is 4.73 Å². The number of nitrogens with zero attached hydrogens (tertiary/aromatic N) is 1. The molecule has 0 saturated heterocycles. The Morgan fingerprint density at radius 3 is 2.50 bits per heavy atom. The van der Waals surface area contributed by atoms with Gasteiger partial charge >= 0.3 is 0 Å². The molecule has 0 fully saturated rings. The van der Waals surface area contributed by atoms with Gasteiger partial charge in [-0.1, -0.05) is 30.3 Å². The number of carbonyl (C=O) groups is 1. The molecule has 1 atom stereocenters. The first kappa shape index (κ1) is 19.5. The van der Waals surface area contributed by atoms with Crippen molar-refractivity contribution in [3.05, 3.63) is 88.6 Å². The Bertz CT molecular complexity index is 1000. The van der Waals surface area contributed by atoms with Crippen molar-refractivity contribution in [1.82, 2.24) is 0 Å². The van der Waals surface area contributed by atoms with Crippen LogP contribution in [0.15, 0.2) is 60.8 Å². The van der Waals surface area contributed by atoms with E-state index < -0.39 is 6.04 Å². The molecule has 3 rings (SSSR count). The fourth-order valence-corrected chi connectivity index (χ4v) is 3.16.